The molecule has 0 aliphatic heterocycles. The van der Waals surface area contributed by atoms with Crippen LogP contribution in [0.3, 0.4) is 0 Å². The van der Waals surface area contributed by atoms with E-state index in [-0.39, 0.29) is 0 Å². The molecule has 3 heteroatoms. The lowest BCUT2D eigenvalue weighted by Gasteiger charge is -2.27. The fourth-order valence-electron chi connectivity index (χ4n) is 8.19. The minimum Gasteiger partial charge on any atom is -0.455 e. The van der Waals surface area contributed by atoms with Crippen molar-refractivity contribution in [2.75, 3.05) is 4.90 Å². The first-order chi connectivity index (χ1) is 26.3. The molecular formula is C50H31NO2. The van der Waals surface area contributed by atoms with Crippen molar-refractivity contribution in [1.29, 1.82) is 0 Å². The van der Waals surface area contributed by atoms with Crippen molar-refractivity contribution in [2.24, 2.45) is 0 Å². The molecule has 248 valence electrons. The largest absolute Gasteiger partial charge is 0.455 e. The zero-order valence-electron chi connectivity index (χ0n) is 28.7. The SMILES string of the molecule is c1ccc(-c2ccc(N(c3cccc(-c4cccc5oc6c7ccccc7ccc6c45)c3)c3cccc4oc5c6ccccc6ccc5c34)cc2)cc1. The summed E-state index contributed by atoms with van der Waals surface area (Å²) in [5, 5.41) is 8.99. The normalized spacial score (nSPS) is 11.8. The van der Waals surface area contributed by atoms with Crippen molar-refractivity contribution in [3.05, 3.63) is 188 Å². The zero-order valence-corrected chi connectivity index (χ0v) is 28.7. The van der Waals surface area contributed by atoms with E-state index in [1.807, 2.05) is 0 Å². The lowest BCUT2D eigenvalue weighted by Crippen LogP contribution is -2.10. The number of rotatable bonds is 5. The average molecular weight is 678 g/mol. The van der Waals surface area contributed by atoms with E-state index in [1.54, 1.807) is 0 Å². The molecular weight excluding hydrogens is 647 g/mol. The fraction of sp³-hybridized carbons (Fsp3) is 0. The molecule has 0 fully saturated rings. The van der Waals surface area contributed by atoms with Crippen molar-refractivity contribution in [2.45, 2.75) is 0 Å². The number of furan rings is 2. The smallest absolute Gasteiger partial charge is 0.143 e. The molecule has 0 aliphatic rings. The van der Waals surface area contributed by atoms with Gasteiger partial charge in [-0.15, -0.1) is 0 Å². The van der Waals surface area contributed by atoms with E-state index in [1.165, 1.54) is 16.5 Å². The maximum atomic E-state index is 6.67. The number of nitrogens with zero attached hydrogens (tertiary/aromatic N) is 1. The number of fused-ring (bicyclic) bond motifs is 10. The summed E-state index contributed by atoms with van der Waals surface area (Å²) in [6.07, 6.45) is 0. The predicted octanol–water partition coefficient (Wildman–Crippen LogP) is 14.6. The van der Waals surface area contributed by atoms with Gasteiger partial charge in [0.25, 0.3) is 0 Å². The van der Waals surface area contributed by atoms with Crippen molar-refractivity contribution < 1.29 is 8.83 Å². The molecule has 2 aromatic heterocycles. The summed E-state index contributed by atoms with van der Waals surface area (Å²) in [5.41, 5.74) is 11.4. The Morgan fingerprint density at radius 1 is 0.340 bits per heavy atom. The summed E-state index contributed by atoms with van der Waals surface area (Å²) in [6, 6.07) is 66.7. The minimum atomic E-state index is 0.859. The quantitative estimate of drug-likeness (QED) is 0.182. The molecule has 3 nitrogen and oxygen atoms in total. The van der Waals surface area contributed by atoms with Gasteiger partial charge >= 0.3 is 0 Å². The molecule has 53 heavy (non-hydrogen) atoms. The highest BCUT2D eigenvalue weighted by atomic mass is 16.3. The highest BCUT2D eigenvalue weighted by Gasteiger charge is 2.22. The third-order valence-electron chi connectivity index (χ3n) is 10.6. The van der Waals surface area contributed by atoms with Crippen LogP contribution in [0.15, 0.2) is 197 Å². The van der Waals surface area contributed by atoms with Gasteiger partial charge in [-0.2, -0.15) is 0 Å². The van der Waals surface area contributed by atoms with Crippen LogP contribution in [0.2, 0.25) is 0 Å². The highest BCUT2D eigenvalue weighted by Crippen LogP contribution is 2.46. The van der Waals surface area contributed by atoms with Crippen molar-refractivity contribution >= 4 is 82.5 Å². The van der Waals surface area contributed by atoms with Crippen LogP contribution in [0.4, 0.5) is 17.1 Å². The Bertz CT molecular complexity index is 3170. The second-order valence-corrected chi connectivity index (χ2v) is 13.7. The highest BCUT2D eigenvalue weighted by molar-refractivity contribution is 6.21. The Labute approximate surface area is 305 Å². The van der Waals surface area contributed by atoms with Crippen molar-refractivity contribution in [3.63, 3.8) is 0 Å². The Kier molecular flexibility index (Phi) is 6.55. The lowest BCUT2D eigenvalue weighted by molar-refractivity contribution is 0.672. The summed E-state index contributed by atoms with van der Waals surface area (Å²) >= 11 is 0. The molecule has 0 saturated carbocycles. The molecule has 0 spiro atoms. The third kappa shape index (κ3) is 4.68. The van der Waals surface area contributed by atoms with Crippen molar-refractivity contribution in [1.82, 2.24) is 0 Å². The van der Waals surface area contributed by atoms with E-state index in [0.717, 1.165) is 88.2 Å². The summed E-state index contributed by atoms with van der Waals surface area (Å²) < 4.78 is 13.3. The molecule has 0 N–H and O–H groups in total. The molecule has 0 amide bonds. The van der Waals surface area contributed by atoms with Gasteiger partial charge in [-0.05, 0) is 87.6 Å². The number of hydrogen-bond acceptors (Lipinski definition) is 3. The Morgan fingerprint density at radius 2 is 0.906 bits per heavy atom. The second-order valence-electron chi connectivity index (χ2n) is 13.7. The van der Waals surface area contributed by atoms with Gasteiger partial charge in [0.1, 0.15) is 22.3 Å². The third-order valence-corrected chi connectivity index (χ3v) is 10.6. The molecule has 0 unspecified atom stereocenters. The van der Waals surface area contributed by atoms with E-state index in [9.17, 15) is 0 Å². The van der Waals surface area contributed by atoms with Gasteiger partial charge in [0.15, 0.2) is 0 Å². The lowest BCUT2D eigenvalue weighted by atomic mass is 9.97. The van der Waals surface area contributed by atoms with Gasteiger partial charge in [-0.3, -0.25) is 0 Å². The predicted molar refractivity (Wildman–Crippen MR) is 222 cm³/mol. The molecule has 0 bridgehead atoms. The Hall–Kier alpha value is -7.10. The van der Waals surface area contributed by atoms with E-state index >= 15 is 0 Å². The number of benzene rings is 9. The van der Waals surface area contributed by atoms with Gasteiger partial charge in [0.05, 0.1) is 11.1 Å². The van der Waals surface area contributed by atoms with Crippen LogP contribution >= 0.6 is 0 Å². The zero-order chi connectivity index (χ0) is 34.9. The summed E-state index contributed by atoms with van der Waals surface area (Å²) in [6.45, 7) is 0. The molecule has 11 aromatic rings. The van der Waals surface area contributed by atoms with Crippen LogP contribution in [-0.2, 0) is 0 Å². The topological polar surface area (TPSA) is 29.5 Å². The van der Waals surface area contributed by atoms with Crippen LogP contribution in [0.5, 0.6) is 0 Å². The van der Waals surface area contributed by atoms with Gasteiger partial charge < -0.3 is 13.7 Å². The average Bonchev–Trinajstić information content (AvgIpc) is 3.82. The Balaban J connectivity index is 1.14. The van der Waals surface area contributed by atoms with Crippen LogP contribution < -0.4 is 4.90 Å². The number of hydrogen-bond donors (Lipinski definition) is 0. The molecule has 9 aromatic carbocycles. The minimum absolute atomic E-state index is 0.859. The maximum absolute atomic E-state index is 6.67. The maximum Gasteiger partial charge on any atom is 0.143 e. The van der Waals surface area contributed by atoms with E-state index < -0.39 is 0 Å². The summed E-state index contributed by atoms with van der Waals surface area (Å²) in [4.78, 5) is 2.37. The fourth-order valence-corrected chi connectivity index (χ4v) is 8.19. The van der Waals surface area contributed by atoms with Gasteiger partial charge in [-0.1, -0.05) is 133 Å². The van der Waals surface area contributed by atoms with Crippen LogP contribution in [0.25, 0.3) is 87.7 Å². The first kappa shape index (κ1) is 29.6. The summed E-state index contributed by atoms with van der Waals surface area (Å²) in [5.74, 6) is 0. The molecule has 11 rings (SSSR count). The van der Waals surface area contributed by atoms with E-state index in [2.05, 4.69) is 193 Å². The second kappa shape index (κ2) is 11.7. The molecule has 2 heterocycles. The van der Waals surface area contributed by atoms with Gasteiger partial charge in [-0.25, -0.2) is 0 Å². The standard InChI is InChI=1S/C50H31NO2/c1-2-11-32(12-3-1)33-23-27-37(28-24-33)51(44-20-10-22-46-48(44)43-30-26-35-14-5-7-18-41(35)50(43)53-46)38-16-8-15-36(31-38)39-19-9-21-45-47(39)42-29-25-34-13-4-6-17-40(34)49(42)52-45/h1-31H. The van der Waals surface area contributed by atoms with Crippen LogP contribution in [0.1, 0.15) is 0 Å². The van der Waals surface area contributed by atoms with Gasteiger partial charge in [0.2, 0.25) is 0 Å². The Morgan fingerprint density at radius 3 is 1.62 bits per heavy atom. The van der Waals surface area contributed by atoms with Crippen molar-refractivity contribution in [3.8, 4) is 22.3 Å². The molecule has 0 atom stereocenters. The van der Waals surface area contributed by atoms with Crippen LogP contribution in [0, 0.1) is 0 Å². The van der Waals surface area contributed by atoms with E-state index in [4.69, 9.17) is 8.83 Å². The molecule has 0 aliphatic carbocycles. The van der Waals surface area contributed by atoms with Gasteiger partial charge in [0, 0.05) is 38.3 Å². The molecule has 0 radical (unpaired) electrons. The first-order valence-electron chi connectivity index (χ1n) is 18.0. The summed E-state index contributed by atoms with van der Waals surface area (Å²) in [7, 11) is 0. The van der Waals surface area contributed by atoms with Crippen LogP contribution in [-0.4, -0.2) is 0 Å². The number of anilines is 3. The first-order valence-corrected chi connectivity index (χ1v) is 18.0. The van der Waals surface area contributed by atoms with E-state index in [0.29, 0.717) is 0 Å². The monoisotopic (exact) mass is 677 g/mol. The molecule has 0 saturated heterocycles.